The number of carbonyl (C=O) groups is 1. The summed E-state index contributed by atoms with van der Waals surface area (Å²) in [4.78, 5) is 36.5. The number of hydrogen-bond donors (Lipinski definition) is 2. The molecule has 8 nitrogen and oxygen atoms in total. The zero-order valence-corrected chi connectivity index (χ0v) is 14.9. The highest BCUT2D eigenvalue weighted by atomic mass is 32.2. The fourth-order valence-electron chi connectivity index (χ4n) is 2.62. The number of halogens is 1. The van der Waals surface area contributed by atoms with Crippen molar-refractivity contribution in [2.45, 2.75) is 29.8 Å². The molecule has 0 bridgehead atoms. The topological polar surface area (TPSA) is 111 Å². The summed E-state index contributed by atoms with van der Waals surface area (Å²) >= 11 is 1.15. The third-order valence-corrected chi connectivity index (χ3v) is 5.54. The number of H-pyrrole nitrogens is 1. The maximum Gasteiger partial charge on any atom is 0.508 e. The van der Waals surface area contributed by atoms with Crippen LogP contribution >= 0.6 is 11.8 Å². The predicted molar refractivity (Wildman–Crippen MR) is 94.9 cm³/mol. The first kappa shape index (κ1) is 19.2. The van der Waals surface area contributed by atoms with Crippen LogP contribution in [0.2, 0.25) is 0 Å². The Morgan fingerprint density at radius 3 is 2.78 bits per heavy atom. The van der Waals surface area contributed by atoms with Gasteiger partial charge in [0.2, 0.25) is 5.82 Å². The lowest BCUT2D eigenvalue weighted by atomic mass is 10.2. The van der Waals surface area contributed by atoms with Gasteiger partial charge in [-0.05, 0) is 5.56 Å². The molecule has 3 rings (SSSR count). The minimum Gasteiger partial charge on any atom is -0.433 e. The van der Waals surface area contributed by atoms with E-state index in [2.05, 4.69) is 0 Å². The van der Waals surface area contributed by atoms with Crippen LogP contribution in [0.5, 0.6) is 0 Å². The molecule has 1 aliphatic heterocycles. The molecule has 1 aromatic heterocycles. The lowest BCUT2D eigenvalue weighted by Crippen LogP contribution is -2.32. The fraction of sp³-hybridized carbons (Fsp3) is 0.353. The molecule has 0 spiro atoms. The number of nitrogens with zero attached hydrogens (tertiary/aromatic N) is 1. The minimum atomic E-state index is -1.10. The maximum absolute atomic E-state index is 13.4. The number of aliphatic hydroxyl groups excluding tert-OH is 1. The molecule has 0 saturated carbocycles. The number of aromatic amines is 1. The van der Waals surface area contributed by atoms with E-state index in [9.17, 15) is 23.9 Å². The van der Waals surface area contributed by atoms with Crippen LogP contribution in [0.3, 0.4) is 0 Å². The van der Waals surface area contributed by atoms with Crippen LogP contribution in [-0.4, -0.2) is 38.8 Å². The van der Waals surface area contributed by atoms with E-state index in [0.717, 1.165) is 28.1 Å². The summed E-state index contributed by atoms with van der Waals surface area (Å²) < 4.78 is 24.4. The first-order valence-corrected chi connectivity index (χ1v) is 9.06. The largest absolute Gasteiger partial charge is 0.508 e. The van der Waals surface area contributed by atoms with Crippen LogP contribution in [0.4, 0.5) is 9.18 Å². The molecule has 1 saturated heterocycles. The number of rotatable bonds is 5. The number of benzene rings is 1. The lowest BCUT2D eigenvalue weighted by molar-refractivity contribution is 0.0412. The molecule has 0 aliphatic carbocycles. The SMILES string of the molecule is O=C(OCc1ccccc1)OC[C@H]1S[C@@H](n2cc(F)c(=O)[nH]c2=O)C[C@@H]1O. The van der Waals surface area contributed by atoms with Gasteiger partial charge in [-0.1, -0.05) is 30.3 Å². The Balaban J connectivity index is 1.53. The van der Waals surface area contributed by atoms with Gasteiger partial charge in [-0.3, -0.25) is 14.3 Å². The quantitative estimate of drug-likeness (QED) is 0.735. The Morgan fingerprint density at radius 1 is 1.30 bits per heavy atom. The molecule has 1 aliphatic rings. The number of aliphatic hydroxyl groups is 1. The van der Waals surface area contributed by atoms with Crippen molar-refractivity contribution in [3.8, 4) is 0 Å². The average molecular weight is 396 g/mol. The molecule has 2 aromatic rings. The summed E-state index contributed by atoms with van der Waals surface area (Å²) in [7, 11) is 0. The lowest BCUT2D eigenvalue weighted by Gasteiger charge is -2.14. The number of nitrogens with one attached hydrogen (secondary N) is 1. The summed E-state index contributed by atoms with van der Waals surface area (Å²) in [5, 5.41) is 9.02. The van der Waals surface area contributed by atoms with Crippen molar-refractivity contribution in [3.05, 3.63) is 68.7 Å². The van der Waals surface area contributed by atoms with Crippen molar-refractivity contribution >= 4 is 17.9 Å². The van der Waals surface area contributed by atoms with Gasteiger partial charge in [0.15, 0.2) is 0 Å². The number of carbonyl (C=O) groups excluding carboxylic acids is 1. The molecule has 144 valence electrons. The molecule has 27 heavy (non-hydrogen) atoms. The van der Waals surface area contributed by atoms with Gasteiger partial charge < -0.3 is 14.6 Å². The first-order chi connectivity index (χ1) is 12.9. The normalized spacial score (nSPS) is 21.8. The molecule has 2 N–H and O–H groups in total. The van der Waals surface area contributed by atoms with Gasteiger partial charge in [0, 0.05) is 6.42 Å². The average Bonchev–Trinajstić information content (AvgIpc) is 3.02. The molecule has 1 aromatic carbocycles. The van der Waals surface area contributed by atoms with Crippen molar-refractivity contribution in [2.75, 3.05) is 6.61 Å². The van der Waals surface area contributed by atoms with Crippen LogP contribution in [0, 0.1) is 5.82 Å². The Hall–Kier alpha value is -2.59. The highest BCUT2D eigenvalue weighted by Crippen LogP contribution is 2.40. The summed E-state index contributed by atoms with van der Waals surface area (Å²) in [6.07, 6.45) is -0.794. The van der Waals surface area contributed by atoms with Crippen LogP contribution in [0.1, 0.15) is 17.4 Å². The van der Waals surface area contributed by atoms with Gasteiger partial charge in [0.05, 0.1) is 22.9 Å². The van der Waals surface area contributed by atoms with Crippen molar-refractivity contribution in [1.82, 2.24) is 9.55 Å². The standard InChI is InChI=1S/C17H17FN2O6S/c18-11-7-20(16(23)19-15(11)22)14-6-12(21)13(27-14)9-26-17(24)25-8-10-4-2-1-3-5-10/h1-5,7,12-14,21H,6,8-9H2,(H,19,22,23)/t12-,13+,14+/m0/s1. The third kappa shape index (κ3) is 4.77. The first-order valence-electron chi connectivity index (χ1n) is 8.12. The van der Waals surface area contributed by atoms with E-state index in [0.29, 0.717) is 0 Å². The summed E-state index contributed by atoms with van der Waals surface area (Å²) in [5.41, 5.74) is -1.06. The van der Waals surface area contributed by atoms with Crippen molar-refractivity contribution in [2.24, 2.45) is 0 Å². The molecular weight excluding hydrogens is 379 g/mol. The van der Waals surface area contributed by atoms with Gasteiger partial charge in [-0.2, -0.15) is 4.39 Å². The second kappa shape index (κ2) is 8.40. The number of thioether (sulfide) groups is 1. The predicted octanol–water partition coefficient (Wildman–Crippen LogP) is 1.39. The summed E-state index contributed by atoms with van der Waals surface area (Å²) in [6.45, 7) is -0.0642. The Bertz CT molecular complexity index is 916. The zero-order chi connectivity index (χ0) is 19.4. The molecule has 0 unspecified atom stereocenters. The number of hydrogen-bond acceptors (Lipinski definition) is 7. The molecule has 0 amide bonds. The molecule has 3 atom stereocenters. The van der Waals surface area contributed by atoms with Crippen LogP contribution in [0.15, 0.2) is 46.1 Å². The van der Waals surface area contributed by atoms with Gasteiger partial charge in [0.1, 0.15) is 13.2 Å². The Labute approximate surface area is 156 Å². The second-order valence-electron chi connectivity index (χ2n) is 5.91. The molecule has 10 heteroatoms. The summed E-state index contributed by atoms with van der Waals surface area (Å²) in [5.74, 6) is -1.09. The van der Waals surface area contributed by atoms with Gasteiger partial charge in [-0.15, -0.1) is 11.8 Å². The van der Waals surface area contributed by atoms with Crippen molar-refractivity contribution in [1.29, 1.82) is 0 Å². The Kier molecular flexibility index (Phi) is 5.97. The monoisotopic (exact) mass is 396 g/mol. The molecule has 1 fully saturated rings. The van der Waals surface area contributed by atoms with Gasteiger partial charge in [0.25, 0.3) is 5.56 Å². The smallest absolute Gasteiger partial charge is 0.433 e. The zero-order valence-electron chi connectivity index (χ0n) is 14.0. The van der Waals surface area contributed by atoms with Crippen LogP contribution in [0.25, 0.3) is 0 Å². The van der Waals surface area contributed by atoms with Crippen molar-refractivity contribution < 1.29 is 23.8 Å². The van der Waals surface area contributed by atoms with E-state index < -0.39 is 39.9 Å². The number of ether oxygens (including phenoxy) is 2. The van der Waals surface area contributed by atoms with Gasteiger partial charge in [-0.25, -0.2) is 9.59 Å². The summed E-state index contributed by atoms with van der Waals surface area (Å²) in [6, 6.07) is 9.08. The van der Waals surface area contributed by atoms with E-state index in [4.69, 9.17) is 9.47 Å². The highest BCUT2D eigenvalue weighted by Gasteiger charge is 2.36. The molecule has 0 radical (unpaired) electrons. The maximum atomic E-state index is 13.4. The minimum absolute atomic E-state index is 0.0642. The van der Waals surface area contributed by atoms with E-state index in [1.54, 1.807) is 12.1 Å². The molecule has 2 heterocycles. The van der Waals surface area contributed by atoms with Crippen LogP contribution < -0.4 is 11.2 Å². The van der Waals surface area contributed by atoms with Crippen molar-refractivity contribution in [3.63, 3.8) is 0 Å². The van der Waals surface area contributed by atoms with E-state index in [1.165, 1.54) is 0 Å². The van der Waals surface area contributed by atoms with E-state index >= 15 is 0 Å². The second-order valence-corrected chi connectivity index (χ2v) is 7.33. The fourth-order valence-corrected chi connectivity index (χ4v) is 4.06. The van der Waals surface area contributed by atoms with Crippen LogP contribution in [-0.2, 0) is 16.1 Å². The Morgan fingerprint density at radius 2 is 2.04 bits per heavy atom. The van der Waals surface area contributed by atoms with Gasteiger partial charge >= 0.3 is 11.8 Å². The molecular formula is C17H17FN2O6S. The third-order valence-electron chi connectivity index (χ3n) is 4.00. The van der Waals surface area contributed by atoms with E-state index in [-0.39, 0.29) is 19.6 Å². The van der Waals surface area contributed by atoms with E-state index in [1.807, 2.05) is 23.2 Å². The highest BCUT2D eigenvalue weighted by molar-refractivity contribution is 8.00. The number of aromatic nitrogens is 2.